The molecule has 7 heteroatoms. The molecule has 0 heterocycles. The molecule has 0 fully saturated rings. The number of nitrogens with zero attached hydrogens (tertiary/aromatic N) is 1. The lowest BCUT2D eigenvalue weighted by molar-refractivity contribution is -0.120. The highest BCUT2D eigenvalue weighted by atomic mass is 35.5. The van der Waals surface area contributed by atoms with Gasteiger partial charge in [0, 0.05) is 11.1 Å². The SMILES string of the molecule is Cc1ccc(S(=O)(=O)N(CC(=O)N[C@H](C)CCc2ccccc2)c2ccc(Cl)cc2)cc1. The molecular formula is C25H27ClN2O3S. The van der Waals surface area contributed by atoms with Crippen LogP contribution in [0, 0.1) is 6.92 Å². The first-order chi connectivity index (χ1) is 15.3. The molecule has 0 aliphatic heterocycles. The van der Waals surface area contributed by atoms with Crippen molar-refractivity contribution >= 4 is 33.2 Å². The molecule has 3 aromatic rings. The molecule has 0 saturated heterocycles. The van der Waals surface area contributed by atoms with Gasteiger partial charge >= 0.3 is 0 Å². The summed E-state index contributed by atoms with van der Waals surface area (Å²) in [6.45, 7) is 3.48. The minimum absolute atomic E-state index is 0.100. The highest BCUT2D eigenvalue weighted by Gasteiger charge is 2.27. The molecule has 3 aromatic carbocycles. The van der Waals surface area contributed by atoms with Crippen LogP contribution in [0.5, 0.6) is 0 Å². The second-order valence-corrected chi connectivity index (χ2v) is 10.1. The molecule has 5 nitrogen and oxygen atoms in total. The Hall–Kier alpha value is -2.83. The molecule has 0 aliphatic carbocycles. The summed E-state index contributed by atoms with van der Waals surface area (Å²) < 4.78 is 27.9. The van der Waals surface area contributed by atoms with Crippen LogP contribution >= 0.6 is 11.6 Å². The van der Waals surface area contributed by atoms with Gasteiger partial charge in [-0.15, -0.1) is 0 Å². The fourth-order valence-corrected chi connectivity index (χ4v) is 4.86. The zero-order valence-corrected chi connectivity index (χ0v) is 19.7. The first-order valence-corrected chi connectivity index (χ1v) is 12.3. The average Bonchev–Trinajstić information content (AvgIpc) is 2.78. The van der Waals surface area contributed by atoms with Gasteiger partial charge in [-0.1, -0.05) is 59.6 Å². The number of sulfonamides is 1. The van der Waals surface area contributed by atoms with Gasteiger partial charge in [0.05, 0.1) is 10.6 Å². The second kappa shape index (κ2) is 10.7. The van der Waals surface area contributed by atoms with Crippen molar-refractivity contribution in [1.82, 2.24) is 5.32 Å². The number of hydrogen-bond donors (Lipinski definition) is 1. The van der Waals surface area contributed by atoms with E-state index < -0.39 is 10.0 Å². The first kappa shape index (κ1) is 23.8. The van der Waals surface area contributed by atoms with Gasteiger partial charge in [0.2, 0.25) is 5.91 Å². The van der Waals surface area contributed by atoms with Crippen LogP contribution < -0.4 is 9.62 Å². The van der Waals surface area contributed by atoms with E-state index in [4.69, 9.17) is 11.6 Å². The van der Waals surface area contributed by atoms with Crippen LogP contribution in [0.2, 0.25) is 5.02 Å². The van der Waals surface area contributed by atoms with E-state index in [1.54, 1.807) is 48.5 Å². The van der Waals surface area contributed by atoms with Crippen molar-refractivity contribution in [2.24, 2.45) is 0 Å². The summed E-state index contributed by atoms with van der Waals surface area (Å²) in [7, 11) is -3.94. The molecule has 1 amide bonds. The Labute approximate surface area is 195 Å². The van der Waals surface area contributed by atoms with Crippen molar-refractivity contribution in [3.05, 3.63) is 95.0 Å². The van der Waals surface area contributed by atoms with Crippen LogP contribution in [0.3, 0.4) is 0 Å². The van der Waals surface area contributed by atoms with E-state index in [0.717, 1.165) is 22.7 Å². The lowest BCUT2D eigenvalue weighted by Gasteiger charge is -2.25. The normalized spacial score (nSPS) is 12.2. The van der Waals surface area contributed by atoms with Crippen molar-refractivity contribution in [1.29, 1.82) is 0 Å². The average molecular weight is 471 g/mol. The predicted molar refractivity (Wildman–Crippen MR) is 130 cm³/mol. The van der Waals surface area contributed by atoms with E-state index in [2.05, 4.69) is 5.32 Å². The quantitative estimate of drug-likeness (QED) is 0.479. The van der Waals surface area contributed by atoms with Gasteiger partial charge in [0.25, 0.3) is 10.0 Å². The van der Waals surface area contributed by atoms with Crippen molar-refractivity contribution in [2.45, 2.75) is 37.6 Å². The van der Waals surface area contributed by atoms with Crippen molar-refractivity contribution in [2.75, 3.05) is 10.8 Å². The number of rotatable bonds is 9. The molecule has 0 aromatic heterocycles. The second-order valence-electron chi connectivity index (χ2n) is 7.79. The van der Waals surface area contributed by atoms with Crippen molar-refractivity contribution in [3.8, 4) is 0 Å². The van der Waals surface area contributed by atoms with E-state index >= 15 is 0 Å². The number of aryl methyl sites for hydroxylation is 2. The number of nitrogens with one attached hydrogen (secondary N) is 1. The number of benzene rings is 3. The number of hydrogen-bond acceptors (Lipinski definition) is 3. The first-order valence-electron chi connectivity index (χ1n) is 10.4. The highest BCUT2D eigenvalue weighted by Crippen LogP contribution is 2.25. The largest absolute Gasteiger partial charge is 0.352 e. The van der Waals surface area contributed by atoms with Gasteiger partial charge in [0.1, 0.15) is 6.54 Å². The molecule has 168 valence electrons. The van der Waals surface area contributed by atoms with Crippen LogP contribution in [0.15, 0.2) is 83.8 Å². The molecule has 0 bridgehead atoms. The summed E-state index contributed by atoms with van der Waals surface area (Å²) >= 11 is 5.98. The van der Waals surface area contributed by atoms with E-state index in [1.165, 1.54) is 5.56 Å². The van der Waals surface area contributed by atoms with Gasteiger partial charge in [-0.3, -0.25) is 9.10 Å². The smallest absolute Gasteiger partial charge is 0.264 e. The zero-order chi connectivity index (χ0) is 23.1. The van der Waals surface area contributed by atoms with Crippen LogP contribution in [0.1, 0.15) is 24.5 Å². The molecule has 0 aliphatic rings. The van der Waals surface area contributed by atoms with Gasteiger partial charge in [-0.05, 0) is 68.7 Å². The van der Waals surface area contributed by atoms with Crippen LogP contribution in [-0.2, 0) is 21.2 Å². The maximum absolute atomic E-state index is 13.4. The number of carbonyl (C=O) groups excluding carboxylic acids is 1. The molecule has 0 radical (unpaired) electrons. The molecule has 0 saturated carbocycles. The fraction of sp³-hybridized carbons (Fsp3) is 0.240. The molecule has 1 atom stereocenters. The Kier molecular flexibility index (Phi) is 7.94. The molecule has 3 rings (SSSR count). The standard InChI is InChI=1S/C25H27ClN2O3S/c1-19-8-16-24(17-9-19)32(30,31)28(23-14-12-22(26)13-15-23)18-25(29)27-20(2)10-11-21-6-4-3-5-7-21/h3-9,12-17,20H,10-11,18H2,1-2H3,(H,27,29)/t20-/m1/s1. The lowest BCUT2D eigenvalue weighted by atomic mass is 10.1. The third kappa shape index (κ3) is 6.34. The minimum Gasteiger partial charge on any atom is -0.352 e. The number of halogens is 1. The Bertz CT molecular complexity index is 1130. The molecule has 0 unspecified atom stereocenters. The van der Waals surface area contributed by atoms with Crippen molar-refractivity contribution in [3.63, 3.8) is 0 Å². The summed E-state index contributed by atoms with van der Waals surface area (Å²) in [6, 6.07) is 22.9. The van der Waals surface area contributed by atoms with E-state index in [-0.39, 0.29) is 23.4 Å². The molecule has 1 N–H and O–H groups in total. The fourth-order valence-electron chi connectivity index (χ4n) is 3.31. The van der Waals surface area contributed by atoms with Crippen LogP contribution in [0.4, 0.5) is 5.69 Å². The summed E-state index contributed by atoms with van der Waals surface area (Å²) in [5, 5.41) is 3.41. The van der Waals surface area contributed by atoms with Crippen molar-refractivity contribution < 1.29 is 13.2 Å². The monoisotopic (exact) mass is 470 g/mol. The lowest BCUT2D eigenvalue weighted by Crippen LogP contribution is -2.43. The van der Waals surface area contributed by atoms with Gasteiger partial charge in [-0.25, -0.2) is 8.42 Å². The number of anilines is 1. The Morgan fingerprint density at radius 1 is 0.969 bits per heavy atom. The van der Waals surface area contributed by atoms with E-state index in [0.29, 0.717) is 10.7 Å². The number of amides is 1. The summed E-state index contributed by atoms with van der Waals surface area (Å²) in [5.41, 5.74) is 2.52. The topological polar surface area (TPSA) is 66.5 Å². The third-order valence-electron chi connectivity index (χ3n) is 5.13. The van der Waals surface area contributed by atoms with E-state index in [9.17, 15) is 13.2 Å². The third-order valence-corrected chi connectivity index (χ3v) is 7.17. The van der Waals surface area contributed by atoms with Gasteiger partial charge < -0.3 is 5.32 Å². The summed E-state index contributed by atoms with van der Waals surface area (Å²) in [4.78, 5) is 12.9. The summed E-state index contributed by atoms with van der Waals surface area (Å²) in [5.74, 6) is -0.365. The maximum atomic E-state index is 13.4. The minimum atomic E-state index is -3.94. The zero-order valence-electron chi connectivity index (χ0n) is 18.2. The van der Waals surface area contributed by atoms with Gasteiger partial charge in [-0.2, -0.15) is 0 Å². The van der Waals surface area contributed by atoms with Gasteiger partial charge in [0.15, 0.2) is 0 Å². The summed E-state index contributed by atoms with van der Waals surface area (Å²) in [6.07, 6.45) is 1.58. The highest BCUT2D eigenvalue weighted by molar-refractivity contribution is 7.92. The van der Waals surface area contributed by atoms with E-state index in [1.807, 2.05) is 44.2 Å². The predicted octanol–water partition coefficient (Wildman–Crippen LogP) is 4.98. The van der Waals surface area contributed by atoms with Crippen LogP contribution in [-0.4, -0.2) is 26.9 Å². The Balaban J connectivity index is 1.75. The molecule has 32 heavy (non-hydrogen) atoms. The maximum Gasteiger partial charge on any atom is 0.264 e. The Morgan fingerprint density at radius 2 is 1.59 bits per heavy atom. The number of carbonyl (C=O) groups is 1. The Morgan fingerprint density at radius 3 is 2.22 bits per heavy atom. The van der Waals surface area contributed by atoms with Crippen LogP contribution in [0.25, 0.3) is 0 Å². The molecule has 0 spiro atoms. The molecular weight excluding hydrogens is 444 g/mol.